The molecular formula is C13H18ClN3O3. The summed E-state index contributed by atoms with van der Waals surface area (Å²) in [5.41, 5.74) is 0.658. The molecule has 20 heavy (non-hydrogen) atoms. The minimum atomic E-state index is -0.498. The number of halogens is 1. The lowest BCUT2D eigenvalue weighted by atomic mass is 10.2. The first-order valence-electron chi connectivity index (χ1n) is 6.28. The predicted molar refractivity (Wildman–Crippen MR) is 77.7 cm³/mol. The van der Waals surface area contributed by atoms with Crippen molar-refractivity contribution in [1.29, 1.82) is 0 Å². The van der Waals surface area contributed by atoms with Gasteiger partial charge in [0.05, 0.1) is 16.0 Å². The molecule has 0 aliphatic carbocycles. The summed E-state index contributed by atoms with van der Waals surface area (Å²) in [4.78, 5) is 21.8. The van der Waals surface area contributed by atoms with Gasteiger partial charge in [0.1, 0.15) is 0 Å². The van der Waals surface area contributed by atoms with Crippen LogP contribution in [0, 0.1) is 10.1 Å². The molecule has 0 heterocycles. The zero-order valence-electron chi connectivity index (χ0n) is 11.6. The van der Waals surface area contributed by atoms with Crippen LogP contribution in [0.5, 0.6) is 0 Å². The summed E-state index contributed by atoms with van der Waals surface area (Å²) in [7, 11) is 0. The second-order valence-corrected chi connectivity index (χ2v) is 5.21. The van der Waals surface area contributed by atoms with Crippen molar-refractivity contribution in [2.24, 2.45) is 0 Å². The van der Waals surface area contributed by atoms with E-state index in [4.69, 9.17) is 11.6 Å². The Balaban J connectivity index is 2.62. The Hall–Kier alpha value is -1.66. The lowest BCUT2D eigenvalue weighted by Crippen LogP contribution is -2.44. The molecule has 0 fully saturated rings. The van der Waals surface area contributed by atoms with Crippen molar-refractivity contribution in [2.75, 3.05) is 0 Å². The van der Waals surface area contributed by atoms with E-state index in [9.17, 15) is 14.9 Å². The fourth-order valence-corrected chi connectivity index (χ4v) is 1.80. The highest BCUT2D eigenvalue weighted by Gasteiger charge is 2.14. The fourth-order valence-electron chi connectivity index (χ4n) is 1.56. The van der Waals surface area contributed by atoms with Crippen molar-refractivity contribution >= 4 is 23.2 Å². The molecule has 2 N–H and O–H groups in total. The van der Waals surface area contributed by atoms with E-state index in [0.717, 1.165) is 0 Å². The van der Waals surface area contributed by atoms with Crippen molar-refractivity contribution in [3.63, 3.8) is 0 Å². The summed E-state index contributed by atoms with van der Waals surface area (Å²) in [5, 5.41) is 16.7. The maximum Gasteiger partial charge on any atom is 0.270 e. The van der Waals surface area contributed by atoms with Gasteiger partial charge in [-0.05, 0) is 32.4 Å². The number of nitro groups is 1. The first-order chi connectivity index (χ1) is 9.31. The number of carbonyl (C=O) groups excluding carboxylic acids is 1. The number of carbonyl (C=O) groups is 1. The van der Waals surface area contributed by atoms with E-state index in [1.165, 1.54) is 12.1 Å². The average molecular weight is 300 g/mol. The Morgan fingerprint density at radius 3 is 2.55 bits per heavy atom. The van der Waals surface area contributed by atoms with Gasteiger partial charge in [0.15, 0.2) is 0 Å². The molecule has 0 saturated heterocycles. The largest absolute Gasteiger partial charge is 0.353 e. The number of nitrogens with one attached hydrogen (secondary N) is 2. The Kier molecular flexibility index (Phi) is 5.91. The van der Waals surface area contributed by atoms with E-state index in [0.29, 0.717) is 17.1 Å². The normalized spacial score (nSPS) is 12.2. The molecule has 0 spiro atoms. The summed E-state index contributed by atoms with van der Waals surface area (Å²) in [6.45, 7) is 5.89. The van der Waals surface area contributed by atoms with E-state index in [-0.39, 0.29) is 23.7 Å². The first-order valence-corrected chi connectivity index (χ1v) is 6.65. The third kappa shape index (κ3) is 4.79. The highest BCUT2D eigenvalue weighted by atomic mass is 35.5. The smallest absolute Gasteiger partial charge is 0.270 e. The molecule has 1 unspecified atom stereocenters. The molecule has 1 rings (SSSR count). The second-order valence-electron chi connectivity index (χ2n) is 4.80. The van der Waals surface area contributed by atoms with Gasteiger partial charge in [-0.3, -0.25) is 14.9 Å². The summed E-state index contributed by atoms with van der Waals surface area (Å²) in [6.07, 6.45) is 0. The highest BCUT2D eigenvalue weighted by molar-refractivity contribution is 6.31. The van der Waals surface area contributed by atoms with Gasteiger partial charge in [-0.2, -0.15) is 0 Å². The van der Waals surface area contributed by atoms with Crippen molar-refractivity contribution in [1.82, 2.24) is 10.6 Å². The van der Waals surface area contributed by atoms with Crippen LogP contribution in [0.1, 0.15) is 26.3 Å². The fraction of sp³-hybridized carbons (Fsp3) is 0.462. The number of amides is 1. The maximum atomic E-state index is 11.7. The van der Waals surface area contributed by atoms with Gasteiger partial charge < -0.3 is 10.6 Å². The zero-order chi connectivity index (χ0) is 15.3. The van der Waals surface area contributed by atoms with Gasteiger partial charge in [0.2, 0.25) is 5.91 Å². The number of rotatable bonds is 6. The minimum absolute atomic E-state index is 0.0515. The van der Waals surface area contributed by atoms with Gasteiger partial charge in [0.25, 0.3) is 5.69 Å². The van der Waals surface area contributed by atoms with Crippen LogP contribution in [0.25, 0.3) is 0 Å². The quantitative estimate of drug-likeness (QED) is 0.623. The molecule has 7 heteroatoms. The number of non-ortho nitro benzene ring substituents is 1. The van der Waals surface area contributed by atoms with E-state index in [1.54, 1.807) is 13.0 Å². The van der Waals surface area contributed by atoms with Crippen molar-refractivity contribution in [2.45, 2.75) is 39.4 Å². The van der Waals surface area contributed by atoms with Gasteiger partial charge in [-0.15, -0.1) is 0 Å². The van der Waals surface area contributed by atoms with Crippen LogP contribution in [-0.4, -0.2) is 22.9 Å². The monoisotopic (exact) mass is 299 g/mol. The average Bonchev–Trinajstić information content (AvgIpc) is 2.35. The number of nitrogens with zero attached hydrogens (tertiary/aromatic N) is 1. The number of hydrogen-bond acceptors (Lipinski definition) is 4. The first kappa shape index (κ1) is 16.4. The molecule has 0 aliphatic heterocycles. The Bertz CT molecular complexity index is 506. The van der Waals surface area contributed by atoms with Crippen molar-refractivity contribution in [3.05, 3.63) is 38.9 Å². The lowest BCUT2D eigenvalue weighted by Gasteiger charge is -2.16. The molecule has 6 nitrogen and oxygen atoms in total. The zero-order valence-corrected chi connectivity index (χ0v) is 12.4. The summed E-state index contributed by atoms with van der Waals surface area (Å²) in [5.74, 6) is -0.0990. The van der Waals surface area contributed by atoms with E-state index in [2.05, 4.69) is 10.6 Å². The molecule has 0 aromatic heterocycles. The van der Waals surface area contributed by atoms with Gasteiger partial charge in [0, 0.05) is 24.7 Å². The van der Waals surface area contributed by atoms with Crippen LogP contribution in [-0.2, 0) is 11.3 Å². The third-order valence-corrected chi connectivity index (χ3v) is 3.02. The highest BCUT2D eigenvalue weighted by Crippen LogP contribution is 2.22. The Morgan fingerprint density at radius 2 is 2.05 bits per heavy atom. The van der Waals surface area contributed by atoms with Crippen LogP contribution in [0.2, 0.25) is 5.02 Å². The van der Waals surface area contributed by atoms with Crippen molar-refractivity contribution in [3.8, 4) is 0 Å². The summed E-state index contributed by atoms with van der Waals surface area (Å²) in [6, 6.07) is 3.98. The van der Waals surface area contributed by atoms with Crippen LogP contribution < -0.4 is 10.6 Å². The molecular weight excluding hydrogens is 282 g/mol. The number of nitro benzene ring substituents is 1. The maximum absolute atomic E-state index is 11.7. The van der Waals surface area contributed by atoms with Crippen molar-refractivity contribution < 1.29 is 9.72 Å². The molecule has 1 aromatic rings. The molecule has 1 atom stereocenters. The molecule has 110 valence electrons. The van der Waals surface area contributed by atoms with Crippen LogP contribution >= 0.6 is 11.6 Å². The molecule has 0 radical (unpaired) electrons. The molecule has 0 bridgehead atoms. The molecule has 1 aromatic carbocycles. The SMILES string of the molecule is CC(C)NC(=O)C(C)NCc1ccc([N+](=O)[O-])cc1Cl. The lowest BCUT2D eigenvalue weighted by molar-refractivity contribution is -0.384. The van der Waals surface area contributed by atoms with Crippen LogP contribution in [0.3, 0.4) is 0 Å². The van der Waals surface area contributed by atoms with Crippen LogP contribution in [0.15, 0.2) is 18.2 Å². The molecule has 0 saturated carbocycles. The molecule has 0 aliphatic rings. The summed E-state index contributed by atoms with van der Waals surface area (Å²) >= 11 is 5.98. The predicted octanol–water partition coefficient (Wildman–Crippen LogP) is 2.25. The van der Waals surface area contributed by atoms with E-state index in [1.807, 2.05) is 13.8 Å². The molecule has 1 amide bonds. The summed E-state index contributed by atoms with van der Waals surface area (Å²) < 4.78 is 0. The minimum Gasteiger partial charge on any atom is -0.353 e. The second kappa shape index (κ2) is 7.21. The number of benzene rings is 1. The van der Waals surface area contributed by atoms with Gasteiger partial charge in [-0.25, -0.2) is 0 Å². The standard InChI is InChI=1S/C13H18ClN3O3/c1-8(2)16-13(18)9(3)15-7-10-4-5-11(17(19)20)6-12(10)14/h4-6,8-9,15H,7H2,1-3H3,(H,16,18). The van der Waals surface area contributed by atoms with Crippen LogP contribution in [0.4, 0.5) is 5.69 Å². The van der Waals surface area contributed by atoms with Gasteiger partial charge >= 0.3 is 0 Å². The number of hydrogen-bond donors (Lipinski definition) is 2. The van der Waals surface area contributed by atoms with E-state index >= 15 is 0 Å². The topological polar surface area (TPSA) is 84.3 Å². The Labute approximate surface area is 122 Å². The third-order valence-electron chi connectivity index (χ3n) is 2.67. The Morgan fingerprint density at radius 1 is 1.40 bits per heavy atom. The van der Waals surface area contributed by atoms with E-state index < -0.39 is 4.92 Å². The van der Waals surface area contributed by atoms with Gasteiger partial charge in [-0.1, -0.05) is 11.6 Å².